The van der Waals surface area contributed by atoms with Crippen molar-refractivity contribution in [2.24, 2.45) is 5.92 Å². The number of hydrogen-bond acceptors (Lipinski definition) is 4. The van der Waals surface area contributed by atoms with Crippen molar-refractivity contribution in [2.75, 3.05) is 18.5 Å². The van der Waals surface area contributed by atoms with E-state index in [1.165, 1.54) is 10.8 Å². The van der Waals surface area contributed by atoms with Crippen LogP contribution in [0.25, 0.3) is 16.9 Å². The third-order valence-electron chi connectivity index (χ3n) is 3.65. The Kier molecular flexibility index (Phi) is 4.55. The standard InChI is InChI=1S/C16H15ClF3N5/c1-8(2)6-24(3)15-12(11-9(18)4-5-10(19)13(11)20)14(17)23-16-21-7-22-25(15)16/h4-5,7-8H,6H2,1-3H3. The zero-order chi connectivity index (χ0) is 18.3. The summed E-state index contributed by atoms with van der Waals surface area (Å²) in [5.41, 5.74) is -0.655. The van der Waals surface area contributed by atoms with E-state index in [0.29, 0.717) is 6.54 Å². The predicted molar refractivity (Wildman–Crippen MR) is 89.2 cm³/mol. The van der Waals surface area contributed by atoms with E-state index in [1.807, 2.05) is 13.8 Å². The summed E-state index contributed by atoms with van der Waals surface area (Å²) in [5, 5.41) is 3.87. The van der Waals surface area contributed by atoms with E-state index in [9.17, 15) is 13.2 Å². The van der Waals surface area contributed by atoms with Gasteiger partial charge < -0.3 is 4.90 Å². The molecule has 132 valence electrons. The lowest BCUT2D eigenvalue weighted by atomic mass is 10.1. The van der Waals surface area contributed by atoms with Gasteiger partial charge in [0, 0.05) is 13.6 Å². The Hall–Kier alpha value is -2.35. The van der Waals surface area contributed by atoms with Gasteiger partial charge in [0.1, 0.15) is 23.1 Å². The Morgan fingerprint density at radius 1 is 1.16 bits per heavy atom. The summed E-state index contributed by atoms with van der Waals surface area (Å²) in [5.74, 6) is -2.75. The summed E-state index contributed by atoms with van der Waals surface area (Å²) >= 11 is 6.20. The fraction of sp³-hybridized carbons (Fsp3) is 0.312. The van der Waals surface area contributed by atoms with Crippen molar-refractivity contribution >= 4 is 23.2 Å². The first-order valence-corrected chi connectivity index (χ1v) is 7.93. The Labute approximate surface area is 147 Å². The highest BCUT2D eigenvalue weighted by Crippen LogP contribution is 2.39. The maximum absolute atomic E-state index is 14.4. The van der Waals surface area contributed by atoms with Crippen molar-refractivity contribution in [3.05, 3.63) is 41.1 Å². The van der Waals surface area contributed by atoms with Gasteiger partial charge in [0.2, 0.25) is 0 Å². The third-order valence-corrected chi connectivity index (χ3v) is 3.93. The highest BCUT2D eigenvalue weighted by molar-refractivity contribution is 6.33. The van der Waals surface area contributed by atoms with Gasteiger partial charge in [-0.05, 0) is 18.1 Å². The Balaban J connectivity index is 2.39. The van der Waals surface area contributed by atoms with Crippen molar-refractivity contribution in [1.82, 2.24) is 19.6 Å². The first-order valence-electron chi connectivity index (χ1n) is 7.55. The molecule has 2 heterocycles. The summed E-state index contributed by atoms with van der Waals surface area (Å²) in [7, 11) is 1.73. The monoisotopic (exact) mass is 369 g/mol. The van der Waals surface area contributed by atoms with Gasteiger partial charge in [-0.3, -0.25) is 0 Å². The smallest absolute Gasteiger partial charge is 0.255 e. The van der Waals surface area contributed by atoms with Crippen LogP contribution in [0.4, 0.5) is 19.0 Å². The molecule has 0 aliphatic rings. The van der Waals surface area contributed by atoms with E-state index in [2.05, 4.69) is 15.1 Å². The zero-order valence-electron chi connectivity index (χ0n) is 13.8. The quantitative estimate of drug-likeness (QED) is 0.516. The number of halogens is 4. The molecule has 0 bridgehead atoms. The molecule has 0 spiro atoms. The number of rotatable bonds is 4. The molecule has 3 rings (SSSR count). The van der Waals surface area contributed by atoms with Crippen LogP contribution in [0.2, 0.25) is 5.15 Å². The molecule has 0 amide bonds. The van der Waals surface area contributed by atoms with Gasteiger partial charge >= 0.3 is 0 Å². The van der Waals surface area contributed by atoms with Gasteiger partial charge in [-0.15, -0.1) is 0 Å². The molecule has 1 aromatic carbocycles. The summed E-state index contributed by atoms with van der Waals surface area (Å²) in [6, 6.07) is 1.57. The fourth-order valence-electron chi connectivity index (χ4n) is 2.76. The highest BCUT2D eigenvalue weighted by atomic mass is 35.5. The largest absolute Gasteiger partial charge is 0.359 e. The van der Waals surface area contributed by atoms with E-state index in [0.717, 1.165) is 12.1 Å². The van der Waals surface area contributed by atoms with Crippen LogP contribution in [0.15, 0.2) is 18.5 Å². The Morgan fingerprint density at radius 3 is 2.52 bits per heavy atom. The van der Waals surface area contributed by atoms with Crippen molar-refractivity contribution in [3.8, 4) is 11.1 Å². The normalized spacial score (nSPS) is 11.5. The number of benzene rings is 1. The van der Waals surface area contributed by atoms with Gasteiger partial charge in [0.15, 0.2) is 11.6 Å². The number of nitrogens with zero attached hydrogens (tertiary/aromatic N) is 5. The number of hydrogen-bond donors (Lipinski definition) is 0. The molecule has 0 saturated heterocycles. The van der Waals surface area contributed by atoms with Gasteiger partial charge in [0.25, 0.3) is 5.78 Å². The molecule has 0 N–H and O–H groups in total. The molecule has 0 fully saturated rings. The Morgan fingerprint density at radius 2 is 1.84 bits per heavy atom. The molecule has 25 heavy (non-hydrogen) atoms. The van der Waals surface area contributed by atoms with Crippen molar-refractivity contribution in [3.63, 3.8) is 0 Å². The lowest BCUT2D eigenvalue weighted by Gasteiger charge is -2.25. The molecule has 0 radical (unpaired) electrons. The Bertz CT molecular complexity index is 941. The predicted octanol–water partition coefficient (Wildman–Crippen LogP) is 3.95. The van der Waals surface area contributed by atoms with Gasteiger partial charge in [-0.2, -0.15) is 19.6 Å². The molecule has 3 aromatic rings. The van der Waals surface area contributed by atoms with E-state index in [1.54, 1.807) is 11.9 Å². The minimum Gasteiger partial charge on any atom is -0.359 e. The van der Waals surface area contributed by atoms with Crippen molar-refractivity contribution < 1.29 is 13.2 Å². The van der Waals surface area contributed by atoms with Crippen LogP contribution in [-0.2, 0) is 0 Å². The fourth-order valence-corrected chi connectivity index (χ4v) is 3.02. The maximum Gasteiger partial charge on any atom is 0.255 e. The minimum atomic E-state index is -1.33. The number of anilines is 1. The lowest BCUT2D eigenvalue weighted by Crippen LogP contribution is -2.26. The van der Waals surface area contributed by atoms with E-state index >= 15 is 0 Å². The van der Waals surface area contributed by atoms with Crippen LogP contribution >= 0.6 is 11.6 Å². The van der Waals surface area contributed by atoms with Crippen LogP contribution in [0, 0.1) is 23.4 Å². The maximum atomic E-state index is 14.4. The van der Waals surface area contributed by atoms with E-state index in [4.69, 9.17) is 11.6 Å². The highest BCUT2D eigenvalue weighted by Gasteiger charge is 2.27. The molecule has 0 atom stereocenters. The lowest BCUT2D eigenvalue weighted by molar-refractivity contribution is 0.498. The molecular weight excluding hydrogens is 355 g/mol. The van der Waals surface area contributed by atoms with Crippen LogP contribution < -0.4 is 4.90 Å². The molecule has 9 heteroatoms. The molecule has 0 aliphatic heterocycles. The second kappa shape index (κ2) is 6.51. The average molecular weight is 370 g/mol. The topological polar surface area (TPSA) is 46.3 Å². The van der Waals surface area contributed by atoms with Crippen LogP contribution in [0.1, 0.15) is 13.8 Å². The summed E-state index contributed by atoms with van der Waals surface area (Å²) < 4.78 is 43.8. The first kappa shape index (κ1) is 17.5. The third kappa shape index (κ3) is 3.02. The second-order valence-electron chi connectivity index (χ2n) is 6.07. The van der Waals surface area contributed by atoms with E-state index in [-0.39, 0.29) is 28.2 Å². The SMILES string of the molecule is CC(C)CN(C)c1c(-c2c(F)ccc(F)c2F)c(Cl)nc2ncnn12. The van der Waals surface area contributed by atoms with E-state index < -0.39 is 23.0 Å². The number of aromatic nitrogens is 4. The van der Waals surface area contributed by atoms with Crippen LogP contribution in [-0.4, -0.2) is 33.2 Å². The zero-order valence-corrected chi connectivity index (χ0v) is 14.5. The first-order chi connectivity index (χ1) is 11.8. The summed E-state index contributed by atoms with van der Waals surface area (Å²) in [4.78, 5) is 9.72. The van der Waals surface area contributed by atoms with Crippen LogP contribution in [0.3, 0.4) is 0 Å². The number of fused-ring (bicyclic) bond motifs is 1. The molecule has 5 nitrogen and oxygen atoms in total. The molecule has 0 unspecified atom stereocenters. The molecular formula is C16H15ClF3N5. The summed E-state index contributed by atoms with van der Waals surface area (Å²) in [6.07, 6.45) is 1.26. The minimum absolute atomic E-state index is 0.0719. The van der Waals surface area contributed by atoms with Gasteiger partial charge in [-0.25, -0.2) is 13.2 Å². The molecule has 2 aromatic heterocycles. The molecule has 0 aliphatic carbocycles. The van der Waals surface area contributed by atoms with Crippen molar-refractivity contribution in [1.29, 1.82) is 0 Å². The molecule has 0 saturated carbocycles. The van der Waals surface area contributed by atoms with Gasteiger partial charge in [-0.1, -0.05) is 25.4 Å². The summed E-state index contributed by atoms with van der Waals surface area (Å²) in [6.45, 7) is 4.52. The average Bonchev–Trinajstić information content (AvgIpc) is 2.98. The van der Waals surface area contributed by atoms with Crippen molar-refractivity contribution in [2.45, 2.75) is 13.8 Å². The van der Waals surface area contributed by atoms with Crippen LogP contribution in [0.5, 0.6) is 0 Å². The second-order valence-corrected chi connectivity index (χ2v) is 6.42. The van der Waals surface area contributed by atoms with Gasteiger partial charge in [0.05, 0.1) is 11.1 Å².